The Morgan fingerprint density at radius 2 is 1.00 bits per heavy atom. The Kier molecular flexibility index (Phi) is 5.69. The molecule has 1 nitrogen and oxygen atoms in total. The first kappa shape index (κ1) is 20.9. The molecule has 0 aromatic heterocycles. The van der Waals surface area contributed by atoms with Crippen molar-refractivity contribution in [3.8, 4) is 22.6 Å². The third-order valence-corrected chi connectivity index (χ3v) is 6.00. The third-order valence-electron chi connectivity index (χ3n) is 6.00. The van der Waals surface area contributed by atoms with Gasteiger partial charge in [-0.25, -0.2) is 0 Å². The molecule has 6 rings (SSSR count). The number of para-hydroxylation sites is 2. The number of hydrogen-bond acceptors (Lipinski definition) is 1. The molecule has 0 bridgehead atoms. The average molecular weight is 407 g/mol. The van der Waals surface area contributed by atoms with Crippen LogP contribution in [-0.4, -0.2) is 0 Å². The van der Waals surface area contributed by atoms with Gasteiger partial charge in [0, 0.05) is 11.1 Å². The molecular formula is C30H30O. The maximum Gasteiger partial charge on any atom is 0.132 e. The summed E-state index contributed by atoms with van der Waals surface area (Å²) in [5, 5.41) is 0. The van der Waals surface area contributed by atoms with Gasteiger partial charge in [-0.2, -0.15) is 0 Å². The Morgan fingerprint density at radius 1 is 0.516 bits per heavy atom. The van der Waals surface area contributed by atoms with Crippen molar-refractivity contribution in [3.63, 3.8) is 0 Å². The highest BCUT2D eigenvalue weighted by Gasteiger charge is 2.50. The second-order valence-corrected chi connectivity index (χ2v) is 7.44. The van der Waals surface area contributed by atoms with E-state index < -0.39 is 0 Å². The summed E-state index contributed by atoms with van der Waals surface area (Å²) < 4.78 is 6.32. The second-order valence-electron chi connectivity index (χ2n) is 7.44. The van der Waals surface area contributed by atoms with Crippen molar-refractivity contribution >= 4 is 0 Å². The van der Waals surface area contributed by atoms with Gasteiger partial charge in [0.05, 0.1) is 5.41 Å². The van der Waals surface area contributed by atoms with E-state index in [1.807, 2.05) is 27.7 Å². The normalized spacial score (nSPS) is 13.2. The smallest absolute Gasteiger partial charge is 0.132 e. The van der Waals surface area contributed by atoms with Crippen molar-refractivity contribution in [1.82, 2.24) is 0 Å². The van der Waals surface area contributed by atoms with Gasteiger partial charge in [0.2, 0.25) is 0 Å². The Hall–Kier alpha value is -3.32. The molecule has 156 valence electrons. The summed E-state index contributed by atoms with van der Waals surface area (Å²) >= 11 is 0. The molecule has 0 amide bonds. The molecule has 31 heavy (non-hydrogen) atoms. The summed E-state index contributed by atoms with van der Waals surface area (Å²) in [7, 11) is 0. The minimum Gasteiger partial charge on any atom is -0.457 e. The van der Waals surface area contributed by atoms with Crippen LogP contribution in [-0.2, 0) is 5.41 Å². The van der Waals surface area contributed by atoms with Crippen molar-refractivity contribution in [3.05, 3.63) is 119 Å². The van der Waals surface area contributed by atoms with Crippen LogP contribution in [0.2, 0.25) is 0 Å². The SMILES string of the molecule is CC.CC.Cc1ccc2c(c1)C1(c3ccccc3Oc3ccccc31)c1ccccc1-2. The number of hydrogen-bond donors (Lipinski definition) is 0. The fourth-order valence-corrected chi connectivity index (χ4v) is 4.97. The quantitative estimate of drug-likeness (QED) is 0.246. The van der Waals surface area contributed by atoms with Gasteiger partial charge in [-0.05, 0) is 41.3 Å². The molecule has 0 saturated carbocycles. The predicted octanol–water partition coefficient (Wildman–Crippen LogP) is 8.52. The number of ether oxygens (including phenoxy) is 1. The zero-order chi connectivity index (χ0) is 22.0. The van der Waals surface area contributed by atoms with Crippen molar-refractivity contribution in [2.24, 2.45) is 0 Å². The van der Waals surface area contributed by atoms with E-state index in [1.165, 1.54) is 38.9 Å². The van der Waals surface area contributed by atoms with E-state index in [0.717, 1.165) is 11.5 Å². The summed E-state index contributed by atoms with van der Waals surface area (Å²) in [5.41, 5.74) is 8.73. The fraction of sp³-hybridized carbons (Fsp3) is 0.200. The van der Waals surface area contributed by atoms with Gasteiger partial charge in [-0.3, -0.25) is 0 Å². The summed E-state index contributed by atoms with van der Waals surface area (Å²) in [6, 6.07) is 32.6. The Labute approximate surface area is 186 Å². The minimum absolute atomic E-state index is 0.330. The zero-order valence-corrected chi connectivity index (χ0v) is 19.1. The molecule has 1 spiro atoms. The molecular weight excluding hydrogens is 376 g/mol. The Bertz CT molecular complexity index is 1170. The largest absolute Gasteiger partial charge is 0.457 e. The van der Waals surface area contributed by atoms with Crippen LogP contribution in [0.3, 0.4) is 0 Å². The van der Waals surface area contributed by atoms with Crippen molar-refractivity contribution in [1.29, 1.82) is 0 Å². The van der Waals surface area contributed by atoms with Crippen LogP contribution in [0.1, 0.15) is 55.5 Å². The van der Waals surface area contributed by atoms with Crippen LogP contribution in [0.25, 0.3) is 11.1 Å². The van der Waals surface area contributed by atoms with Crippen molar-refractivity contribution in [2.75, 3.05) is 0 Å². The number of benzene rings is 4. The molecule has 0 atom stereocenters. The Morgan fingerprint density at radius 3 is 1.61 bits per heavy atom. The molecule has 4 aromatic rings. The molecule has 0 unspecified atom stereocenters. The van der Waals surface area contributed by atoms with Gasteiger partial charge < -0.3 is 4.74 Å². The minimum atomic E-state index is -0.330. The standard InChI is InChI=1S/C26H18O.2C2H6/c1-17-14-15-19-18-8-2-3-9-20(18)26(23(19)16-17)21-10-4-6-12-24(21)27-25-13-7-5-11-22(25)26;2*1-2/h2-16H,1H3;2*1-2H3. The van der Waals surface area contributed by atoms with Crippen molar-refractivity contribution in [2.45, 2.75) is 40.0 Å². The molecule has 0 fully saturated rings. The summed E-state index contributed by atoms with van der Waals surface area (Å²) in [6.45, 7) is 10.2. The fourth-order valence-electron chi connectivity index (χ4n) is 4.97. The van der Waals surface area contributed by atoms with E-state index >= 15 is 0 Å². The molecule has 0 saturated heterocycles. The van der Waals surface area contributed by atoms with Gasteiger partial charge in [-0.1, -0.05) is 112 Å². The van der Waals surface area contributed by atoms with Gasteiger partial charge in [-0.15, -0.1) is 0 Å². The lowest BCUT2D eigenvalue weighted by Crippen LogP contribution is -2.32. The highest BCUT2D eigenvalue weighted by atomic mass is 16.5. The molecule has 1 aliphatic heterocycles. The van der Waals surface area contributed by atoms with E-state index in [2.05, 4.69) is 97.9 Å². The lowest BCUT2D eigenvalue weighted by atomic mass is 9.66. The average Bonchev–Trinajstić information content (AvgIpc) is 3.12. The van der Waals surface area contributed by atoms with E-state index in [9.17, 15) is 0 Å². The van der Waals surface area contributed by atoms with Crippen LogP contribution in [0.4, 0.5) is 0 Å². The first-order valence-electron chi connectivity index (χ1n) is 11.4. The zero-order valence-electron chi connectivity index (χ0n) is 19.1. The van der Waals surface area contributed by atoms with Crippen LogP contribution < -0.4 is 4.74 Å². The van der Waals surface area contributed by atoms with Crippen LogP contribution in [0.5, 0.6) is 11.5 Å². The molecule has 1 heterocycles. The molecule has 1 heteroatoms. The van der Waals surface area contributed by atoms with E-state index in [0.29, 0.717) is 0 Å². The van der Waals surface area contributed by atoms with Crippen LogP contribution in [0, 0.1) is 6.92 Å². The molecule has 0 radical (unpaired) electrons. The highest BCUT2D eigenvalue weighted by molar-refractivity contribution is 5.88. The Balaban J connectivity index is 0.000000549. The third kappa shape index (κ3) is 2.91. The maximum atomic E-state index is 6.32. The van der Waals surface area contributed by atoms with Crippen LogP contribution in [0.15, 0.2) is 91.0 Å². The monoisotopic (exact) mass is 406 g/mol. The topological polar surface area (TPSA) is 9.23 Å². The summed E-state index contributed by atoms with van der Waals surface area (Å²) in [5.74, 6) is 1.89. The van der Waals surface area contributed by atoms with Crippen molar-refractivity contribution < 1.29 is 4.74 Å². The number of fused-ring (bicyclic) bond motifs is 9. The van der Waals surface area contributed by atoms with Gasteiger partial charge in [0.1, 0.15) is 11.5 Å². The van der Waals surface area contributed by atoms with Gasteiger partial charge >= 0.3 is 0 Å². The van der Waals surface area contributed by atoms with E-state index in [4.69, 9.17) is 4.74 Å². The van der Waals surface area contributed by atoms with E-state index in [-0.39, 0.29) is 5.41 Å². The number of aryl methyl sites for hydroxylation is 1. The lowest BCUT2D eigenvalue weighted by molar-refractivity contribution is 0.436. The van der Waals surface area contributed by atoms with E-state index in [1.54, 1.807) is 0 Å². The first-order chi connectivity index (χ1) is 15.3. The molecule has 2 aliphatic rings. The van der Waals surface area contributed by atoms with Crippen LogP contribution >= 0.6 is 0 Å². The summed E-state index contributed by atoms with van der Waals surface area (Å²) in [6.07, 6.45) is 0. The van der Waals surface area contributed by atoms with Gasteiger partial charge in [0.25, 0.3) is 0 Å². The second kappa shape index (κ2) is 8.43. The molecule has 0 N–H and O–H groups in total. The highest BCUT2D eigenvalue weighted by Crippen LogP contribution is 2.61. The predicted molar refractivity (Wildman–Crippen MR) is 131 cm³/mol. The summed E-state index contributed by atoms with van der Waals surface area (Å²) in [4.78, 5) is 0. The molecule has 1 aliphatic carbocycles. The number of rotatable bonds is 0. The van der Waals surface area contributed by atoms with Gasteiger partial charge in [0.15, 0.2) is 0 Å². The maximum absolute atomic E-state index is 6.32. The first-order valence-corrected chi connectivity index (χ1v) is 11.4. The lowest BCUT2D eigenvalue weighted by Gasteiger charge is -2.39. The molecule has 4 aromatic carbocycles.